The monoisotopic (exact) mass is 264 g/mol. The molecular formula is C15H24N2O2. The predicted octanol–water partition coefficient (Wildman–Crippen LogP) is 1.56. The Morgan fingerprint density at radius 1 is 1.16 bits per heavy atom. The molecule has 4 nitrogen and oxygen atoms in total. The van der Waals surface area contributed by atoms with Gasteiger partial charge in [0.15, 0.2) is 0 Å². The number of hydrogen-bond donors (Lipinski definition) is 3. The first-order valence-electron chi connectivity index (χ1n) is 6.72. The maximum absolute atomic E-state index is 10.7. The van der Waals surface area contributed by atoms with E-state index in [4.69, 9.17) is 16.6 Å². The summed E-state index contributed by atoms with van der Waals surface area (Å²) in [6.07, 6.45) is 2.28. The van der Waals surface area contributed by atoms with Gasteiger partial charge in [-0.1, -0.05) is 38.1 Å². The molecule has 0 spiro atoms. The van der Waals surface area contributed by atoms with Crippen LogP contribution in [0.5, 0.6) is 0 Å². The third kappa shape index (κ3) is 5.41. The summed E-state index contributed by atoms with van der Waals surface area (Å²) < 4.78 is 0. The van der Waals surface area contributed by atoms with Crippen molar-refractivity contribution in [3.05, 3.63) is 35.4 Å². The minimum absolute atomic E-state index is 0.222. The Kier molecular flexibility index (Phi) is 5.99. The Hall–Kier alpha value is -1.39. The average Bonchev–Trinajstić information content (AvgIpc) is 2.37. The highest BCUT2D eigenvalue weighted by Crippen LogP contribution is 2.11. The number of aliphatic carboxylic acids is 1. The lowest BCUT2D eigenvalue weighted by Gasteiger charge is -2.15. The van der Waals surface area contributed by atoms with Crippen molar-refractivity contribution in [1.82, 2.24) is 0 Å². The SMILES string of the molecule is CC(C)C(N)CCc1ccc(CC(N)C(=O)O)cc1. The van der Waals surface area contributed by atoms with E-state index in [0.717, 1.165) is 18.4 Å². The molecule has 0 amide bonds. The number of benzene rings is 1. The van der Waals surface area contributed by atoms with E-state index in [-0.39, 0.29) is 6.04 Å². The van der Waals surface area contributed by atoms with Crippen molar-refractivity contribution >= 4 is 5.97 Å². The lowest BCUT2D eigenvalue weighted by atomic mass is 9.96. The highest BCUT2D eigenvalue weighted by molar-refractivity contribution is 5.73. The van der Waals surface area contributed by atoms with Crippen molar-refractivity contribution in [2.75, 3.05) is 0 Å². The van der Waals surface area contributed by atoms with Gasteiger partial charge in [0.25, 0.3) is 0 Å². The number of nitrogens with two attached hydrogens (primary N) is 2. The molecule has 1 aromatic carbocycles. The van der Waals surface area contributed by atoms with E-state index in [1.54, 1.807) is 0 Å². The number of carbonyl (C=O) groups is 1. The minimum Gasteiger partial charge on any atom is -0.480 e. The molecule has 0 heterocycles. The van der Waals surface area contributed by atoms with Crippen LogP contribution in [0.4, 0.5) is 0 Å². The highest BCUT2D eigenvalue weighted by atomic mass is 16.4. The molecule has 0 radical (unpaired) electrons. The fourth-order valence-corrected chi connectivity index (χ4v) is 1.85. The Bertz CT molecular complexity index is 401. The predicted molar refractivity (Wildman–Crippen MR) is 76.9 cm³/mol. The molecule has 5 N–H and O–H groups in total. The zero-order valence-corrected chi connectivity index (χ0v) is 11.7. The van der Waals surface area contributed by atoms with Gasteiger partial charge in [-0.25, -0.2) is 0 Å². The molecule has 0 aliphatic heterocycles. The van der Waals surface area contributed by atoms with Crippen LogP contribution in [0.3, 0.4) is 0 Å². The summed E-state index contributed by atoms with van der Waals surface area (Å²) in [5.74, 6) is -0.472. The van der Waals surface area contributed by atoms with Crippen molar-refractivity contribution < 1.29 is 9.90 Å². The van der Waals surface area contributed by atoms with Crippen LogP contribution in [0.2, 0.25) is 0 Å². The number of rotatable bonds is 7. The van der Waals surface area contributed by atoms with Crippen molar-refractivity contribution in [3.8, 4) is 0 Å². The molecule has 2 atom stereocenters. The van der Waals surface area contributed by atoms with Gasteiger partial charge in [0, 0.05) is 6.04 Å². The molecule has 0 saturated carbocycles. The molecule has 19 heavy (non-hydrogen) atoms. The Morgan fingerprint density at radius 2 is 1.68 bits per heavy atom. The van der Waals surface area contributed by atoms with Gasteiger partial charge in [-0.15, -0.1) is 0 Å². The third-order valence-corrected chi connectivity index (χ3v) is 3.42. The summed E-state index contributed by atoms with van der Waals surface area (Å²) in [5.41, 5.74) is 13.7. The van der Waals surface area contributed by atoms with Crippen LogP contribution < -0.4 is 11.5 Å². The van der Waals surface area contributed by atoms with Gasteiger partial charge in [-0.2, -0.15) is 0 Å². The number of carboxylic acid groups (broad SMARTS) is 1. The molecule has 0 bridgehead atoms. The van der Waals surface area contributed by atoms with Crippen LogP contribution in [0.25, 0.3) is 0 Å². The molecule has 4 heteroatoms. The van der Waals surface area contributed by atoms with E-state index < -0.39 is 12.0 Å². The Morgan fingerprint density at radius 3 is 2.16 bits per heavy atom. The molecule has 1 aromatic rings. The molecular weight excluding hydrogens is 240 g/mol. The number of aryl methyl sites for hydroxylation is 1. The number of carboxylic acids is 1. The first-order valence-corrected chi connectivity index (χ1v) is 6.72. The highest BCUT2D eigenvalue weighted by Gasteiger charge is 2.12. The Balaban J connectivity index is 2.50. The van der Waals surface area contributed by atoms with Gasteiger partial charge >= 0.3 is 5.97 Å². The van der Waals surface area contributed by atoms with Gasteiger partial charge < -0.3 is 16.6 Å². The van der Waals surface area contributed by atoms with E-state index in [1.165, 1.54) is 5.56 Å². The summed E-state index contributed by atoms with van der Waals surface area (Å²) in [6.45, 7) is 4.25. The fourth-order valence-electron chi connectivity index (χ4n) is 1.85. The Labute approximate surface area is 114 Å². The maximum Gasteiger partial charge on any atom is 0.320 e. The van der Waals surface area contributed by atoms with E-state index in [9.17, 15) is 4.79 Å². The first-order chi connectivity index (χ1) is 8.90. The molecule has 0 aliphatic rings. The molecule has 2 unspecified atom stereocenters. The zero-order chi connectivity index (χ0) is 14.4. The van der Waals surface area contributed by atoms with Crippen molar-refractivity contribution in [2.24, 2.45) is 17.4 Å². The largest absolute Gasteiger partial charge is 0.480 e. The lowest BCUT2D eigenvalue weighted by Crippen LogP contribution is -2.32. The van der Waals surface area contributed by atoms with Gasteiger partial charge in [0.05, 0.1) is 0 Å². The van der Waals surface area contributed by atoms with Crippen LogP contribution in [-0.2, 0) is 17.6 Å². The molecule has 0 aliphatic carbocycles. The maximum atomic E-state index is 10.7. The van der Waals surface area contributed by atoms with Crippen molar-refractivity contribution in [2.45, 2.75) is 45.2 Å². The summed E-state index contributed by atoms with van der Waals surface area (Å²) in [4.78, 5) is 10.7. The molecule has 0 saturated heterocycles. The van der Waals surface area contributed by atoms with Crippen LogP contribution in [0.15, 0.2) is 24.3 Å². The van der Waals surface area contributed by atoms with E-state index in [2.05, 4.69) is 13.8 Å². The second-order valence-corrected chi connectivity index (χ2v) is 5.41. The van der Waals surface area contributed by atoms with Crippen LogP contribution >= 0.6 is 0 Å². The lowest BCUT2D eigenvalue weighted by molar-refractivity contribution is -0.138. The molecule has 106 valence electrons. The molecule has 1 rings (SSSR count). The summed E-state index contributed by atoms with van der Waals surface area (Å²) >= 11 is 0. The average molecular weight is 264 g/mol. The normalized spacial score (nSPS) is 14.4. The molecule has 0 aromatic heterocycles. The molecule has 0 fully saturated rings. The summed E-state index contributed by atoms with van der Waals surface area (Å²) in [6, 6.07) is 7.33. The van der Waals surface area contributed by atoms with Crippen molar-refractivity contribution in [1.29, 1.82) is 0 Å². The topological polar surface area (TPSA) is 89.3 Å². The van der Waals surface area contributed by atoms with Crippen LogP contribution in [-0.4, -0.2) is 23.2 Å². The minimum atomic E-state index is -0.966. The zero-order valence-electron chi connectivity index (χ0n) is 11.7. The second-order valence-electron chi connectivity index (χ2n) is 5.41. The number of hydrogen-bond acceptors (Lipinski definition) is 3. The first kappa shape index (κ1) is 15.7. The van der Waals surface area contributed by atoms with E-state index in [0.29, 0.717) is 12.3 Å². The second kappa shape index (κ2) is 7.26. The van der Waals surface area contributed by atoms with Crippen LogP contribution in [0.1, 0.15) is 31.4 Å². The summed E-state index contributed by atoms with van der Waals surface area (Å²) in [5, 5.41) is 8.76. The smallest absolute Gasteiger partial charge is 0.320 e. The summed E-state index contributed by atoms with van der Waals surface area (Å²) in [7, 11) is 0. The van der Waals surface area contributed by atoms with Crippen LogP contribution in [0, 0.1) is 5.92 Å². The van der Waals surface area contributed by atoms with Gasteiger partial charge in [0.2, 0.25) is 0 Å². The van der Waals surface area contributed by atoms with Gasteiger partial charge in [-0.3, -0.25) is 4.79 Å². The fraction of sp³-hybridized carbons (Fsp3) is 0.533. The van der Waals surface area contributed by atoms with Gasteiger partial charge in [0.1, 0.15) is 6.04 Å². The van der Waals surface area contributed by atoms with E-state index >= 15 is 0 Å². The van der Waals surface area contributed by atoms with Gasteiger partial charge in [-0.05, 0) is 36.3 Å². The van der Waals surface area contributed by atoms with Crippen molar-refractivity contribution in [3.63, 3.8) is 0 Å². The quantitative estimate of drug-likeness (QED) is 0.697. The standard InChI is InChI=1S/C15H24N2O2/c1-10(2)13(16)8-7-11-3-5-12(6-4-11)9-14(17)15(18)19/h3-6,10,13-14H,7-9,16-17H2,1-2H3,(H,18,19). The third-order valence-electron chi connectivity index (χ3n) is 3.42. The van der Waals surface area contributed by atoms with E-state index in [1.807, 2.05) is 24.3 Å².